The molecule has 0 aliphatic heterocycles. The Morgan fingerprint density at radius 2 is 1.59 bits per heavy atom. The van der Waals surface area contributed by atoms with Crippen LogP contribution in [0.5, 0.6) is 0 Å². The maximum atomic E-state index is 12.5. The van der Waals surface area contributed by atoms with E-state index in [1.807, 2.05) is 0 Å². The molecule has 2 atom stereocenters. The zero-order valence-electron chi connectivity index (χ0n) is 15.4. The maximum absolute atomic E-state index is 12.5. The molecule has 1 amide bonds. The fourth-order valence-electron chi connectivity index (χ4n) is 4.63. The van der Waals surface area contributed by atoms with Crippen molar-refractivity contribution in [2.45, 2.75) is 30.8 Å². The first-order chi connectivity index (χ1) is 13.0. The van der Waals surface area contributed by atoms with Gasteiger partial charge in [-0.05, 0) is 41.5 Å². The molecule has 3 aliphatic carbocycles. The van der Waals surface area contributed by atoms with Crippen molar-refractivity contribution in [1.82, 2.24) is 5.32 Å². The average molecular weight is 365 g/mol. The van der Waals surface area contributed by atoms with Crippen LogP contribution < -0.4 is 5.32 Å². The maximum Gasteiger partial charge on any atom is 0.345 e. The van der Waals surface area contributed by atoms with Crippen molar-refractivity contribution >= 4 is 11.9 Å². The molecule has 27 heavy (non-hydrogen) atoms. The second-order valence-corrected chi connectivity index (χ2v) is 7.54. The van der Waals surface area contributed by atoms with Gasteiger partial charge in [-0.25, -0.2) is 4.79 Å². The van der Waals surface area contributed by atoms with E-state index in [1.165, 1.54) is 36.3 Å². The van der Waals surface area contributed by atoms with Crippen molar-refractivity contribution < 1.29 is 19.4 Å². The van der Waals surface area contributed by atoms with Crippen molar-refractivity contribution in [3.05, 3.63) is 70.8 Å². The van der Waals surface area contributed by atoms with E-state index < -0.39 is 17.5 Å². The van der Waals surface area contributed by atoms with Crippen molar-refractivity contribution in [2.24, 2.45) is 5.92 Å². The number of amides is 1. The van der Waals surface area contributed by atoms with Gasteiger partial charge in [-0.1, -0.05) is 48.5 Å². The lowest BCUT2D eigenvalue weighted by Crippen LogP contribution is -2.53. The van der Waals surface area contributed by atoms with Gasteiger partial charge in [0.05, 0.1) is 0 Å². The Bertz CT molecular complexity index is 861. The van der Waals surface area contributed by atoms with E-state index in [4.69, 9.17) is 4.74 Å². The molecule has 0 spiro atoms. The minimum absolute atomic E-state index is 0.210. The molecular weight excluding hydrogens is 342 g/mol. The van der Waals surface area contributed by atoms with Crippen molar-refractivity contribution in [1.29, 1.82) is 0 Å². The van der Waals surface area contributed by atoms with E-state index in [9.17, 15) is 14.7 Å². The molecule has 0 fully saturated rings. The number of carbonyl (C=O) groups is 2. The number of carbonyl (C=O) groups excluding carboxylic acids is 1. The van der Waals surface area contributed by atoms with Crippen LogP contribution in [0.3, 0.4) is 0 Å². The number of hydrogen-bond donors (Lipinski definition) is 2. The summed E-state index contributed by atoms with van der Waals surface area (Å²) in [5.74, 6) is -1.15. The minimum atomic E-state index is -1.87. The van der Waals surface area contributed by atoms with E-state index in [1.54, 1.807) is 0 Å². The van der Waals surface area contributed by atoms with Crippen molar-refractivity contribution in [2.75, 3.05) is 13.7 Å². The van der Waals surface area contributed by atoms with Gasteiger partial charge < -0.3 is 15.2 Å². The SMILES string of the molecule is COC(C)(C(=O)O)C(=O)NCC1CC2c3ccccc3C1c1ccccc12. The summed E-state index contributed by atoms with van der Waals surface area (Å²) >= 11 is 0. The molecule has 0 saturated heterocycles. The van der Waals surface area contributed by atoms with Gasteiger partial charge in [0.25, 0.3) is 5.91 Å². The second-order valence-electron chi connectivity index (χ2n) is 7.54. The minimum Gasteiger partial charge on any atom is -0.479 e. The fraction of sp³-hybridized carbons (Fsp3) is 0.364. The molecule has 5 rings (SSSR count). The number of carboxylic acids is 1. The quantitative estimate of drug-likeness (QED) is 0.799. The summed E-state index contributed by atoms with van der Waals surface area (Å²) in [6, 6.07) is 17.0. The molecular formula is C22H23NO4. The first kappa shape index (κ1) is 17.7. The van der Waals surface area contributed by atoms with Crippen molar-refractivity contribution in [3.63, 3.8) is 0 Å². The van der Waals surface area contributed by atoms with Crippen LogP contribution >= 0.6 is 0 Å². The van der Waals surface area contributed by atoms with E-state index in [0.717, 1.165) is 6.42 Å². The number of benzene rings is 2. The van der Waals surface area contributed by atoms with Gasteiger partial charge in [-0.15, -0.1) is 0 Å². The van der Waals surface area contributed by atoms with E-state index in [0.29, 0.717) is 12.5 Å². The molecule has 3 aliphatic rings. The number of nitrogens with one attached hydrogen (secondary N) is 1. The number of carboxylic acid groups (broad SMARTS) is 1. The Morgan fingerprint density at radius 3 is 2.07 bits per heavy atom. The third-order valence-electron chi connectivity index (χ3n) is 6.20. The van der Waals surface area contributed by atoms with Gasteiger partial charge >= 0.3 is 5.97 Å². The van der Waals surface area contributed by atoms with Gasteiger partial charge in [-0.3, -0.25) is 4.79 Å². The Labute approximate surface area is 158 Å². The normalized spacial score (nSPS) is 24.4. The predicted octanol–water partition coefficient (Wildman–Crippen LogP) is 2.89. The zero-order valence-corrected chi connectivity index (χ0v) is 15.4. The highest BCUT2D eigenvalue weighted by molar-refractivity contribution is 6.04. The van der Waals surface area contributed by atoms with Crippen LogP contribution in [-0.2, 0) is 14.3 Å². The third kappa shape index (κ3) is 2.65. The summed E-state index contributed by atoms with van der Waals surface area (Å²) in [5.41, 5.74) is 3.51. The Hall–Kier alpha value is -2.66. The molecule has 0 aromatic heterocycles. The molecule has 2 aromatic carbocycles. The molecule has 2 aromatic rings. The fourth-order valence-corrected chi connectivity index (χ4v) is 4.63. The van der Waals surface area contributed by atoms with Crippen LogP contribution in [0.15, 0.2) is 48.5 Å². The van der Waals surface area contributed by atoms with E-state index in [-0.39, 0.29) is 11.8 Å². The summed E-state index contributed by atoms with van der Waals surface area (Å²) in [6.07, 6.45) is 0.940. The highest BCUT2D eigenvalue weighted by atomic mass is 16.5. The Balaban J connectivity index is 1.62. The largest absolute Gasteiger partial charge is 0.479 e. The summed E-state index contributed by atoms with van der Waals surface area (Å²) in [4.78, 5) is 23.9. The lowest BCUT2D eigenvalue weighted by atomic mass is 9.59. The van der Waals surface area contributed by atoms with Gasteiger partial charge in [0.15, 0.2) is 0 Å². The summed E-state index contributed by atoms with van der Waals surface area (Å²) in [5, 5.41) is 12.1. The third-order valence-corrected chi connectivity index (χ3v) is 6.20. The first-order valence-corrected chi connectivity index (χ1v) is 9.22. The lowest BCUT2D eigenvalue weighted by Gasteiger charge is -2.45. The first-order valence-electron chi connectivity index (χ1n) is 9.22. The summed E-state index contributed by atoms with van der Waals surface area (Å²) < 4.78 is 4.96. The van der Waals surface area contributed by atoms with Crippen LogP contribution in [0.25, 0.3) is 0 Å². The number of aliphatic carboxylic acids is 1. The number of fused-ring (bicyclic) bond motifs is 1. The number of ether oxygens (including phenoxy) is 1. The predicted molar refractivity (Wildman–Crippen MR) is 101 cm³/mol. The van der Waals surface area contributed by atoms with Crippen LogP contribution in [0, 0.1) is 5.92 Å². The number of hydrogen-bond acceptors (Lipinski definition) is 3. The number of rotatable bonds is 5. The second kappa shape index (κ2) is 6.50. The topological polar surface area (TPSA) is 75.6 Å². The average Bonchev–Trinajstić information content (AvgIpc) is 2.71. The molecule has 140 valence electrons. The van der Waals surface area contributed by atoms with Crippen LogP contribution in [0.2, 0.25) is 0 Å². The van der Waals surface area contributed by atoms with Crippen LogP contribution in [0.1, 0.15) is 47.4 Å². The van der Waals surface area contributed by atoms with Crippen LogP contribution in [-0.4, -0.2) is 36.2 Å². The summed E-state index contributed by atoms with van der Waals surface area (Å²) in [7, 11) is 1.24. The zero-order chi connectivity index (χ0) is 19.2. The number of methoxy groups -OCH3 is 1. The molecule has 5 nitrogen and oxygen atoms in total. The molecule has 2 unspecified atom stereocenters. The van der Waals surface area contributed by atoms with Gasteiger partial charge in [-0.2, -0.15) is 0 Å². The molecule has 0 saturated carbocycles. The van der Waals surface area contributed by atoms with Crippen molar-refractivity contribution in [3.8, 4) is 0 Å². The van der Waals surface area contributed by atoms with E-state index >= 15 is 0 Å². The van der Waals surface area contributed by atoms with Gasteiger partial charge in [0, 0.05) is 25.5 Å². The summed E-state index contributed by atoms with van der Waals surface area (Å²) in [6.45, 7) is 1.71. The van der Waals surface area contributed by atoms with Gasteiger partial charge in [0.2, 0.25) is 5.60 Å². The monoisotopic (exact) mass is 365 g/mol. The highest BCUT2D eigenvalue weighted by Crippen LogP contribution is 2.55. The Morgan fingerprint density at radius 1 is 1.07 bits per heavy atom. The highest BCUT2D eigenvalue weighted by Gasteiger charge is 2.45. The molecule has 2 N–H and O–H groups in total. The molecule has 0 radical (unpaired) electrons. The molecule has 5 heteroatoms. The van der Waals surface area contributed by atoms with Gasteiger partial charge in [0.1, 0.15) is 0 Å². The standard InChI is InChI=1S/C22H23NO4/c1-22(27-2,21(25)26)20(24)23-12-13-11-18-14-7-3-5-9-16(14)19(13)17-10-6-4-8-15(17)18/h3-10,13,18-19H,11-12H2,1-2H3,(H,23,24)(H,25,26). The van der Waals surface area contributed by atoms with Crippen LogP contribution in [0.4, 0.5) is 0 Å². The Kier molecular flexibility index (Phi) is 4.27. The molecule has 2 bridgehead atoms. The molecule has 0 heterocycles. The lowest BCUT2D eigenvalue weighted by molar-refractivity contribution is -0.167. The smallest absolute Gasteiger partial charge is 0.345 e. The van der Waals surface area contributed by atoms with E-state index in [2.05, 4.69) is 53.8 Å².